The van der Waals surface area contributed by atoms with Crippen molar-refractivity contribution in [2.24, 2.45) is 0 Å². The summed E-state index contributed by atoms with van der Waals surface area (Å²) in [6, 6.07) is 4.57. The summed E-state index contributed by atoms with van der Waals surface area (Å²) in [5, 5.41) is 6.84. The highest BCUT2D eigenvalue weighted by Crippen LogP contribution is 2.26. The van der Waals surface area contributed by atoms with Gasteiger partial charge in [0.15, 0.2) is 17.3 Å². The maximum absolute atomic E-state index is 15.0. The first-order chi connectivity index (χ1) is 15.8. The summed E-state index contributed by atoms with van der Waals surface area (Å²) in [5.74, 6) is -1.84. The standard InChI is InChI=1S/C22H19F2N7O2/c1-11-21(32)28-20-16(27-11)4-3-12(18(20)24)7-30-8-13-9-31(29-17(13)10-30)14-5-15(23)19(26-6-14)22(33)25-2/h3-6,9H,7-8,10H2,1-2H3,(H,25,33)(H,28,32). The van der Waals surface area contributed by atoms with Gasteiger partial charge in [0.25, 0.3) is 11.5 Å². The summed E-state index contributed by atoms with van der Waals surface area (Å²) in [6.07, 6.45) is 3.15. The number of H-pyrrole nitrogens is 1. The minimum atomic E-state index is -0.737. The fourth-order valence-electron chi connectivity index (χ4n) is 3.92. The number of benzene rings is 1. The van der Waals surface area contributed by atoms with Crippen LogP contribution in [0.3, 0.4) is 0 Å². The Morgan fingerprint density at radius 1 is 1.27 bits per heavy atom. The molecule has 0 unspecified atom stereocenters. The number of carbonyl (C=O) groups is 1. The molecule has 1 aliphatic rings. The van der Waals surface area contributed by atoms with Gasteiger partial charge < -0.3 is 10.3 Å². The molecule has 3 aromatic heterocycles. The first kappa shape index (κ1) is 20.9. The van der Waals surface area contributed by atoms with Gasteiger partial charge in [-0.25, -0.2) is 23.4 Å². The summed E-state index contributed by atoms with van der Waals surface area (Å²) in [4.78, 5) is 36.1. The minimum absolute atomic E-state index is 0.0972. The number of pyridine rings is 1. The summed E-state index contributed by atoms with van der Waals surface area (Å²) in [5.41, 5.74) is 2.65. The number of amides is 1. The Bertz CT molecular complexity index is 1450. The molecule has 1 amide bonds. The van der Waals surface area contributed by atoms with Crippen LogP contribution in [0.2, 0.25) is 0 Å². The fraction of sp³-hybridized carbons (Fsp3) is 0.227. The van der Waals surface area contributed by atoms with Crippen molar-refractivity contribution >= 4 is 16.9 Å². The van der Waals surface area contributed by atoms with E-state index in [-0.39, 0.29) is 16.9 Å². The number of nitrogens with zero attached hydrogens (tertiary/aromatic N) is 5. The van der Waals surface area contributed by atoms with Crippen molar-refractivity contribution in [3.8, 4) is 5.69 Å². The molecule has 0 atom stereocenters. The molecule has 2 N–H and O–H groups in total. The molecule has 4 heterocycles. The van der Waals surface area contributed by atoms with Gasteiger partial charge in [-0.1, -0.05) is 6.07 Å². The van der Waals surface area contributed by atoms with E-state index in [9.17, 15) is 18.4 Å². The second-order valence-corrected chi connectivity index (χ2v) is 7.88. The number of aromatic nitrogens is 5. The first-order valence-corrected chi connectivity index (χ1v) is 10.2. The van der Waals surface area contributed by atoms with Gasteiger partial charge >= 0.3 is 0 Å². The molecule has 0 fully saturated rings. The van der Waals surface area contributed by atoms with Crippen LogP contribution in [0.5, 0.6) is 0 Å². The van der Waals surface area contributed by atoms with Gasteiger partial charge in [0.2, 0.25) is 0 Å². The van der Waals surface area contributed by atoms with Crippen molar-refractivity contribution in [1.29, 1.82) is 0 Å². The lowest BCUT2D eigenvalue weighted by Gasteiger charge is -2.16. The molecule has 168 valence electrons. The molecule has 0 spiro atoms. The van der Waals surface area contributed by atoms with Crippen LogP contribution >= 0.6 is 0 Å². The van der Waals surface area contributed by atoms with Crippen LogP contribution in [0.25, 0.3) is 16.7 Å². The molecule has 1 aromatic carbocycles. The lowest BCUT2D eigenvalue weighted by Crippen LogP contribution is -2.21. The van der Waals surface area contributed by atoms with Gasteiger partial charge in [-0.15, -0.1) is 0 Å². The number of nitrogens with one attached hydrogen (secondary N) is 2. The Balaban J connectivity index is 1.34. The fourth-order valence-corrected chi connectivity index (χ4v) is 3.92. The molecule has 1 aliphatic heterocycles. The molecule has 4 aromatic rings. The SMILES string of the molecule is CNC(=O)c1ncc(-n2cc3c(n2)CN(Cc2ccc4nc(C)c(=O)[nH]c4c2F)C3)cc1F. The smallest absolute Gasteiger partial charge is 0.272 e. The van der Waals surface area contributed by atoms with Gasteiger partial charge in [-0.05, 0) is 13.0 Å². The van der Waals surface area contributed by atoms with Gasteiger partial charge in [-0.3, -0.25) is 14.5 Å². The lowest BCUT2D eigenvalue weighted by molar-refractivity contribution is 0.0953. The Kier molecular flexibility index (Phi) is 4.97. The number of fused-ring (bicyclic) bond motifs is 2. The van der Waals surface area contributed by atoms with E-state index in [1.54, 1.807) is 25.3 Å². The predicted molar refractivity (Wildman–Crippen MR) is 115 cm³/mol. The predicted octanol–water partition coefficient (Wildman–Crippen LogP) is 1.97. The van der Waals surface area contributed by atoms with E-state index in [0.29, 0.717) is 36.4 Å². The van der Waals surface area contributed by atoms with Crippen molar-refractivity contribution in [3.63, 3.8) is 0 Å². The number of hydrogen-bond acceptors (Lipinski definition) is 6. The minimum Gasteiger partial charge on any atom is -0.354 e. The monoisotopic (exact) mass is 451 g/mol. The van der Waals surface area contributed by atoms with Gasteiger partial charge in [0.05, 0.1) is 23.1 Å². The number of rotatable bonds is 4. The average molecular weight is 451 g/mol. The molecule has 33 heavy (non-hydrogen) atoms. The summed E-state index contributed by atoms with van der Waals surface area (Å²) in [7, 11) is 1.40. The third-order valence-electron chi connectivity index (χ3n) is 5.63. The second-order valence-electron chi connectivity index (χ2n) is 7.88. The molecule has 0 saturated heterocycles. The summed E-state index contributed by atoms with van der Waals surface area (Å²) < 4.78 is 30.8. The van der Waals surface area contributed by atoms with Crippen LogP contribution in [-0.4, -0.2) is 42.6 Å². The number of aryl methyl sites for hydroxylation is 1. The van der Waals surface area contributed by atoms with E-state index in [1.165, 1.54) is 24.0 Å². The van der Waals surface area contributed by atoms with E-state index in [0.717, 1.165) is 11.3 Å². The molecule has 11 heteroatoms. The molecule has 0 radical (unpaired) electrons. The number of halogens is 2. The molecule has 0 bridgehead atoms. The number of carbonyl (C=O) groups excluding carboxylic acids is 1. The highest BCUT2D eigenvalue weighted by atomic mass is 19.1. The summed E-state index contributed by atoms with van der Waals surface area (Å²) in [6.45, 7) is 2.91. The molecule has 0 aliphatic carbocycles. The Hall–Kier alpha value is -3.99. The zero-order chi connectivity index (χ0) is 23.3. The highest BCUT2D eigenvalue weighted by molar-refractivity contribution is 5.92. The third kappa shape index (κ3) is 3.65. The first-order valence-electron chi connectivity index (χ1n) is 10.2. The van der Waals surface area contributed by atoms with Gasteiger partial charge in [0.1, 0.15) is 11.2 Å². The van der Waals surface area contributed by atoms with E-state index in [4.69, 9.17) is 0 Å². The molecular weight excluding hydrogens is 432 g/mol. The normalized spacial score (nSPS) is 13.5. The van der Waals surface area contributed by atoms with Crippen molar-refractivity contribution in [1.82, 2.24) is 34.9 Å². The van der Waals surface area contributed by atoms with Crippen LogP contribution in [0.4, 0.5) is 8.78 Å². The van der Waals surface area contributed by atoms with Gasteiger partial charge in [-0.2, -0.15) is 5.10 Å². The quantitative estimate of drug-likeness (QED) is 0.491. The van der Waals surface area contributed by atoms with Crippen LogP contribution in [0.15, 0.2) is 35.4 Å². The Morgan fingerprint density at radius 2 is 2.09 bits per heavy atom. The van der Waals surface area contributed by atoms with Crippen LogP contribution < -0.4 is 10.9 Å². The molecule has 0 saturated carbocycles. The highest BCUT2D eigenvalue weighted by Gasteiger charge is 2.25. The second kappa shape index (κ2) is 7.85. The largest absolute Gasteiger partial charge is 0.354 e. The maximum Gasteiger partial charge on any atom is 0.272 e. The van der Waals surface area contributed by atoms with Crippen LogP contribution in [-0.2, 0) is 19.6 Å². The third-order valence-corrected chi connectivity index (χ3v) is 5.63. The van der Waals surface area contributed by atoms with E-state index in [1.807, 2.05) is 4.90 Å². The van der Waals surface area contributed by atoms with Crippen LogP contribution in [0.1, 0.15) is 33.0 Å². The Morgan fingerprint density at radius 3 is 2.82 bits per heavy atom. The topological polar surface area (TPSA) is 109 Å². The average Bonchev–Trinajstić information content (AvgIpc) is 3.35. The lowest BCUT2D eigenvalue weighted by atomic mass is 10.1. The van der Waals surface area contributed by atoms with Crippen molar-refractivity contribution in [3.05, 3.63) is 80.8 Å². The molecule has 5 rings (SSSR count). The van der Waals surface area contributed by atoms with Crippen molar-refractivity contribution in [2.45, 2.75) is 26.6 Å². The van der Waals surface area contributed by atoms with E-state index >= 15 is 0 Å². The van der Waals surface area contributed by atoms with E-state index < -0.39 is 23.1 Å². The van der Waals surface area contributed by atoms with Crippen molar-refractivity contribution in [2.75, 3.05) is 7.05 Å². The Labute approximate surface area is 186 Å². The molecular formula is C22H19F2N7O2. The number of hydrogen-bond donors (Lipinski definition) is 2. The van der Waals surface area contributed by atoms with E-state index in [2.05, 4.69) is 25.4 Å². The summed E-state index contributed by atoms with van der Waals surface area (Å²) >= 11 is 0. The zero-order valence-corrected chi connectivity index (χ0v) is 17.8. The van der Waals surface area contributed by atoms with Gasteiger partial charge in [0, 0.05) is 50.1 Å². The zero-order valence-electron chi connectivity index (χ0n) is 17.8. The van der Waals surface area contributed by atoms with Crippen molar-refractivity contribution < 1.29 is 13.6 Å². The molecule has 9 nitrogen and oxygen atoms in total. The number of aromatic amines is 1. The van der Waals surface area contributed by atoms with Crippen LogP contribution in [0, 0.1) is 18.6 Å². The maximum atomic E-state index is 15.0.